The molecule has 2 heterocycles. The number of rotatable bonds is 3. The zero-order valence-corrected chi connectivity index (χ0v) is 13.7. The van der Waals surface area contributed by atoms with E-state index in [0.29, 0.717) is 11.6 Å². The Balaban J connectivity index is 2.04. The third kappa shape index (κ3) is 3.40. The van der Waals surface area contributed by atoms with Crippen molar-refractivity contribution < 1.29 is 0 Å². The number of anilines is 1. The van der Waals surface area contributed by atoms with Crippen LogP contribution in [0.5, 0.6) is 0 Å². The average molecular weight is 348 g/mol. The highest BCUT2D eigenvalue weighted by Gasteiger charge is 2.29. The normalized spacial score (nSPS) is 17.8. The van der Waals surface area contributed by atoms with E-state index in [2.05, 4.69) is 44.6 Å². The van der Waals surface area contributed by atoms with Crippen LogP contribution < -0.4 is 10.6 Å². The predicted molar refractivity (Wildman–Crippen MR) is 83.9 cm³/mol. The average Bonchev–Trinajstić information content (AvgIpc) is 2.39. The summed E-state index contributed by atoms with van der Waals surface area (Å²) in [5.74, 6) is 0.967. The summed E-state index contributed by atoms with van der Waals surface area (Å²) in [6.45, 7) is 8.98. The standard InChI is InChI=1S/C13H20BrClN4/c1-13(2,9-16)19-5-3-18(4-6-19)12-11(14)7-10(15)8-17-12/h7-8H,3-6,9,16H2,1-2H3. The van der Waals surface area contributed by atoms with Crippen molar-refractivity contribution in [2.45, 2.75) is 19.4 Å². The number of piperazine rings is 1. The molecule has 2 rings (SSSR count). The number of halogens is 2. The minimum atomic E-state index is 0.0662. The molecular weight excluding hydrogens is 328 g/mol. The molecule has 2 N–H and O–H groups in total. The Bertz CT molecular complexity index is 444. The Morgan fingerprint density at radius 1 is 1.37 bits per heavy atom. The highest BCUT2D eigenvalue weighted by atomic mass is 79.9. The molecule has 0 radical (unpaired) electrons. The van der Waals surface area contributed by atoms with E-state index < -0.39 is 0 Å². The van der Waals surface area contributed by atoms with Gasteiger partial charge in [0.25, 0.3) is 0 Å². The van der Waals surface area contributed by atoms with Crippen LogP contribution in [0.4, 0.5) is 5.82 Å². The molecule has 6 heteroatoms. The van der Waals surface area contributed by atoms with Crippen LogP contribution in [0.25, 0.3) is 0 Å². The SMILES string of the molecule is CC(C)(CN)N1CCN(c2ncc(Cl)cc2Br)CC1. The molecule has 0 spiro atoms. The second kappa shape index (κ2) is 5.95. The lowest BCUT2D eigenvalue weighted by Crippen LogP contribution is -2.57. The van der Waals surface area contributed by atoms with Gasteiger partial charge in [-0.1, -0.05) is 11.6 Å². The van der Waals surface area contributed by atoms with Crippen molar-refractivity contribution in [3.8, 4) is 0 Å². The topological polar surface area (TPSA) is 45.4 Å². The first-order chi connectivity index (χ1) is 8.94. The number of nitrogens with two attached hydrogens (primary N) is 1. The zero-order valence-electron chi connectivity index (χ0n) is 11.4. The van der Waals surface area contributed by atoms with E-state index in [9.17, 15) is 0 Å². The molecule has 1 aliphatic rings. The van der Waals surface area contributed by atoms with E-state index in [1.165, 1.54) is 0 Å². The van der Waals surface area contributed by atoms with Gasteiger partial charge in [0.05, 0.1) is 9.50 Å². The number of nitrogens with zero attached hydrogens (tertiary/aromatic N) is 3. The molecule has 1 fully saturated rings. The van der Waals surface area contributed by atoms with Crippen molar-refractivity contribution in [3.05, 3.63) is 21.8 Å². The summed E-state index contributed by atoms with van der Waals surface area (Å²) in [7, 11) is 0. The minimum absolute atomic E-state index is 0.0662. The molecule has 0 saturated carbocycles. The molecular formula is C13H20BrClN4. The number of hydrogen-bond donors (Lipinski definition) is 1. The molecule has 1 aliphatic heterocycles. The summed E-state index contributed by atoms with van der Waals surface area (Å²) in [5, 5.41) is 0.651. The lowest BCUT2D eigenvalue weighted by molar-refractivity contribution is 0.119. The summed E-state index contributed by atoms with van der Waals surface area (Å²) in [6.07, 6.45) is 1.69. The minimum Gasteiger partial charge on any atom is -0.353 e. The fourth-order valence-corrected chi connectivity index (χ4v) is 3.18. The fraction of sp³-hybridized carbons (Fsp3) is 0.615. The van der Waals surface area contributed by atoms with Gasteiger partial charge >= 0.3 is 0 Å². The van der Waals surface area contributed by atoms with Gasteiger partial charge in [-0.3, -0.25) is 4.90 Å². The van der Waals surface area contributed by atoms with E-state index in [0.717, 1.165) is 36.5 Å². The van der Waals surface area contributed by atoms with Gasteiger partial charge in [-0.25, -0.2) is 4.98 Å². The van der Waals surface area contributed by atoms with Crippen molar-refractivity contribution in [2.24, 2.45) is 5.73 Å². The lowest BCUT2D eigenvalue weighted by atomic mass is 10.0. The van der Waals surface area contributed by atoms with E-state index in [4.69, 9.17) is 17.3 Å². The van der Waals surface area contributed by atoms with E-state index in [1.54, 1.807) is 6.20 Å². The largest absolute Gasteiger partial charge is 0.353 e. The first kappa shape index (κ1) is 15.0. The first-order valence-electron chi connectivity index (χ1n) is 6.45. The Labute approximate surface area is 128 Å². The van der Waals surface area contributed by atoms with Crippen LogP contribution in [0, 0.1) is 0 Å². The summed E-state index contributed by atoms with van der Waals surface area (Å²) < 4.78 is 0.950. The van der Waals surface area contributed by atoms with Gasteiger partial charge in [0.1, 0.15) is 5.82 Å². The molecule has 0 aromatic carbocycles. The fourth-order valence-electron chi connectivity index (χ4n) is 2.29. The molecule has 0 unspecified atom stereocenters. The highest BCUT2D eigenvalue weighted by molar-refractivity contribution is 9.10. The van der Waals surface area contributed by atoms with Crippen molar-refractivity contribution in [1.82, 2.24) is 9.88 Å². The molecule has 106 valence electrons. The summed E-state index contributed by atoms with van der Waals surface area (Å²) in [6, 6.07) is 1.89. The molecule has 1 saturated heterocycles. The maximum Gasteiger partial charge on any atom is 0.143 e. The van der Waals surface area contributed by atoms with E-state index in [1.807, 2.05) is 6.07 Å². The number of pyridine rings is 1. The smallest absolute Gasteiger partial charge is 0.143 e. The van der Waals surface area contributed by atoms with Crippen molar-refractivity contribution in [1.29, 1.82) is 0 Å². The van der Waals surface area contributed by atoms with Crippen LogP contribution in [0.15, 0.2) is 16.7 Å². The molecule has 1 aromatic heterocycles. The third-order valence-corrected chi connectivity index (χ3v) is 4.51. The summed E-state index contributed by atoms with van der Waals surface area (Å²) in [4.78, 5) is 9.13. The van der Waals surface area contributed by atoms with Crippen LogP contribution in [0.3, 0.4) is 0 Å². The number of aromatic nitrogens is 1. The maximum atomic E-state index is 5.92. The van der Waals surface area contributed by atoms with Crippen molar-refractivity contribution in [3.63, 3.8) is 0 Å². The molecule has 1 aromatic rings. The molecule has 0 aliphatic carbocycles. The maximum absolute atomic E-state index is 5.92. The van der Waals surface area contributed by atoms with Crippen LogP contribution in [0.2, 0.25) is 5.02 Å². The van der Waals surface area contributed by atoms with Gasteiger partial charge in [0.2, 0.25) is 0 Å². The van der Waals surface area contributed by atoms with Gasteiger partial charge in [0, 0.05) is 44.5 Å². The molecule has 0 bridgehead atoms. The van der Waals surface area contributed by atoms with E-state index in [-0.39, 0.29) is 5.54 Å². The van der Waals surface area contributed by atoms with Crippen molar-refractivity contribution >= 4 is 33.3 Å². The van der Waals surface area contributed by atoms with Gasteiger partial charge in [0.15, 0.2) is 0 Å². The van der Waals surface area contributed by atoms with Crippen LogP contribution in [0.1, 0.15) is 13.8 Å². The van der Waals surface area contributed by atoms with Crippen LogP contribution in [-0.2, 0) is 0 Å². The zero-order chi connectivity index (χ0) is 14.0. The molecule has 19 heavy (non-hydrogen) atoms. The number of hydrogen-bond acceptors (Lipinski definition) is 4. The van der Waals surface area contributed by atoms with Crippen LogP contribution >= 0.6 is 27.5 Å². The first-order valence-corrected chi connectivity index (χ1v) is 7.62. The summed E-state index contributed by atoms with van der Waals surface area (Å²) >= 11 is 9.45. The summed E-state index contributed by atoms with van der Waals surface area (Å²) in [5.41, 5.74) is 5.90. The Morgan fingerprint density at radius 3 is 2.53 bits per heavy atom. The molecule has 4 nitrogen and oxygen atoms in total. The van der Waals surface area contributed by atoms with E-state index >= 15 is 0 Å². The van der Waals surface area contributed by atoms with Gasteiger partial charge in [-0.2, -0.15) is 0 Å². The van der Waals surface area contributed by atoms with Crippen molar-refractivity contribution in [2.75, 3.05) is 37.6 Å². The molecule has 0 atom stereocenters. The second-order valence-electron chi connectivity index (χ2n) is 5.45. The van der Waals surface area contributed by atoms with Gasteiger partial charge < -0.3 is 10.6 Å². The third-order valence-electron chi connectivity index (χ3n) is 3.72. The highest BCUT2D eigenvalue weighted by Crippen LogP contribution is 2.28. The van der Waals surface area contributed by atoms with Gasteiger partial charge in [-0.15, -0.1) is 0 Å². The lowest BCUT2D eigenvalue weighted by Gasteiger charge is -2.44. The van der Waals surface area contributed by atoms with Crippen LogP contribution in [-0.4, -0.2) is 48.1 Å². The second-order valence-corrected chi connectivity index (χ2v) is 6.74. The Kier molecular flexibility index (Phi) is 4.71. The van der Waals surface area contributed by atoms with Gasteiger partial charge in [-0.05, 0) is 35.8 Å². The Hall–Kier alpha value is -0.360. The quantitative estimate of drug-likeness (QED) is 0.912. The molecule has 0 amide bonds. The Morgan fingerprint density at radius 2 is 2.00 bits per heavy atom. The monoisotopic (exact) mass is 346 g/mol. The predicted octanol–water partition coefficient (Wildman–Crippen LogP) is 2.36.